The molecule has 0 fully saturated rings. The van der Waals surface area contributed by atoms with Crippen molar-refractivity contribution in [1.82, 2.24) is 0 Å². The van der Waals surface area contributed by atoms with Crippen molar-refractivity contribution in [2.45, 2.75) is 12.8 Å². The van der Waals surface area contributed by atoms with Crippen molar-refractivity contribution in [2.75, 3.05) is 11.9 Å². The Bertz CT molecular complexity index is 469. The van der Waals surface area contributed by atoms with Crippen molar-refractivity contribution in [2.24, 2.45) is 5.73 Å². The van der Waals surface area contributed by atoms with Crippen molar-refractivity contribution in [3.05, 3.63) is 29.3 Å². The highest BCUT2D eigenvalue weighted by Crippen LogP contribution is 2.20. The Morgan fingerprint density at radius 3 is 2.71 bits per heavy atom. The van der Waals surface area contributed by atoms with Crippen LogP contribution in [-0.4, -0.2) is 12.5 Å². The number of carbonyl (C=O) groups is 1. The zero-order chi connectivity index (χ0) is 12.8. The largest absolute Gasteiger partial charge is 0.383 e. The molecule has 4 nitrogen and oxygen atoms in total. The van der Waals surface area contributed by atoms with Crippen LogP contribution < -0.4 is 11.1 Å². The van der Waals surface area contributed by atoms with Gasteiger partial charge in [-0.2, -0.15) is 5.26 Å². The molecule has 0 aliphatic rings. The average Bonchev–Trinajstić information content (AvgIpc) is 2.29. The van der Waals surface area contributed by atoms with E-state index in [9.17, 15) is 13.6 Å². The van der Waals surface area contributed by atoms with Gasteiger partial charge in [0.05, 0.1) is 11.3 Å². The summed E-state index contributed by atoms with van der Waals surface area (Å²) in [6.45, 7) is 0.297. The number of nitriles is 1. The van der Waals surface area contributed by atoms with E-state index < -0.39 is 17.5 Å². The molecule has 0 unspecified atom stereocenters. The minimum absolute atomic E-state index is 0.0361. The summed E-state index contributed by atoms with van der Waals surface area (Å²) >= 11 is 0. The fraction of sp³-hybridized carbons (Fsp3) is 0.273. The molecule has 0 aliphatic heterocycles. The molecule has 1 aromatic rings. The van der Waals surface area contributed by atoms with E-state index in [-0.39, 0.29) is 17.7 Å². The van der Waals surface area contributed by atoms with Crippen LogP contribution in [0.2, 0.25) is 0 Å². The van der Waals surface area contributed by atoms with E-state index in [0.717, 1.165) is 0 Å². The molecule has 1 rings (SSSR count). The van der Waals surface area contributed by atoms with E-state index >= 15 is 0 Å². The van der Waals surface area contributed by atoms with Crippen LogP contribution in [0.5, 0.6) is 0 Å². The lowest BCUT2D eigenvalue weighted by Crippen LogP contribution is -2.13. The van der Waals surface area contributed by atoms with Crippen LogP contribution >= 0.6 is 0 Å². The molecular formula is C11H11F2N3O. The Hall–Kier alpha value is -2.16. The fourth-order valence-electron chi connectivity index (χ4n) is 1.26. The second kappa shape index (κ2) is 5.80. The fourth-order valence-corrected chi connectivity index (χ4v) is 1.26. The van der Waals surface area contributed by atoms with E-state index in [1.165, 1.54) is 12.1 Å². The van der Waals surface area contributed by atoms with Gasteiger partial charge in [-0.15, -0.1) is 0 Å². The Kier molecular flexibility index (Phi) is 4.40. The Morgan fingerprint density at radius 1 is 1.41 bits per heavy atom. The van der Waals surface area contributed by atoms with Crippen LogP contribution in [-0.2, 0) is 4.79 Å². The van der Waals surface area contributed by atoms with Gasteiger partial charge in [0.1, 0.15) is 6.07 Å². The standard InChI is InChI=1S/C11H11F2N3O/c12-10-7(6-14)3-4-8(11(10)13)16-5-1-2-9(15)17/h3-4,16H,1-2,5H2,(H2,15,17). The third-order valence-corrected chi connectivity index (χ3v) is 2.12. The molecule has 0 bridgehead atoms. The molecule has 0 atom stereocenters. The number of benzene rings is 1. The van der Waals surface area contributed by atoms with E-state index in [4.69, 9.17) is 11.0 Å². The zero-order valence-electron chi connectivity index (χ0n) is 8.96. The number of halogens is 2. The molecule has 1 amide bonds. The first-order chi connectivity index (χ1) is 8.06. The number of hydrogen-bond donors (Lipinski definition) is 2. The highest BCUT2D eigenvalue weighted by molar-refractivity contribution is 5.73. The molecule has 0 heterocycles. The van der Waals surface area contributed by atoms with Gasteiger partial charge in [0.15, 0.2) is 11.6 Å². The van der Waals surface area contributed by atoms with E-state index in [1.807, 2.05) is 0 Å². The van der Waals surface area contributed by atoms with Gasteiger partial charge in [0.25, 0.3) is 0 Å². The second-order valence-electron chi connectivity index (χ2n) is 3.40. The number of hydrogen-bond acceptors (Lipinski definition) is 3. The summed E-state index contributed by atoms with van der Waals surface area (Å²) < 4.78 is 26.5. The quantitative estimate of drug-likeness (QED) is 0.764. The highest BCUT2D eigenvalue weighted by atomic mass is 19.2. The molecule has 1 aromatic carbocycles. The Labute approximate surface area is 97.0 Å². The maximum Gasteiger partial charge on any atom is 0.217 e. The predicted molar refractivity (Wildman–Crippen MR) is 58.0 cm³/mol. The maximum absolute atomic E-state index is 13.4. The van der Waals surface area contributed by atoms with Crippen molar-refractivity contribution in [1.29, 1.82) is 5.26 Å². The molecule has 6 heteroatoms. The first-order valence-electron chi connectivity index (χ1n) is 4.96. The SMILES string of the molecule is N#Cc1ccc(NCCCC(N)=O)c(F)c1F. The summed E-state index contributed by atoms with van der Waals surface area (Å²) in [5.41, 5.74) is 4.55. The third kappa shape index (κ3) is 3.41. The first-order valence-corrected chi connectivity index (χ1v) is 4.96. The number of rotatable bonds is 5. The van der Waals surface area contributed by atoms with Gasteiger partial charge in [0.2, 0.25) is 5.91 Å². The number of primary amides is 1. The molecule has 0 saturated carbocycles. The van der Waals surface area contributed by atoms with Crippen LogP contribution in [0.4, 0.5) is 14.5 Å². The van der Waals surface area contributed by atoms with Crippen LogP contribution in [0, 0.1) is 23.0 Å². The first kappa shape index (κ1) is 12.9. The smallest absolute Gasteiger partial charge is 0.217 e. The van der Waals surface area contributed by atoms with Crippen molar-refractivity contribution >= 4 is 11.6 Å². The maximum atomic E-state index is 13.4. The molecule has 0 radical (unpaired) electrons. The lowest BCUT2D eigenvalue weighted by molar-refractivity contribution is -0.118. The highest BCUT2D eigenvalue weighted by Gasteiger charge is 2.12. The second-order valence-corrected chi connectivity index (χ2v) is 3.40. The molecule has 90 valence electrons. The molecule has 17 heavy (non-hydrogen) atoms. The van der Waals surface area contributed by atoms with Crippen LogP contribution in [0.3, 0.4) is 0 Å². The summed E-state index contributed by atoms with van der Waals surface area (Å²) in [6, 6.07) is 4.01. The third-order valence-electron chi connectivity index (χ3n) is 2.12. The number of nitrogens with one attached hydrogen (secondary N) is 1. The molecule has 0 aliphatic carbocycles. The van der Waals surface area contributed by atoms with Crippen LogP contribution in [0.25, 0.3) is 0 Å². The average molecular weight is 239 g/mol. The lowest BCUT2D eigenvalue weighted by Gasteiger charge is -2.07. The minimum Gasteiger partial charge on any atom is -0.383 e. The summed E-state index contributed by atoms with van der Waals surface area (Å²) in [4.78, 5) is 10.4. The summed E-state index contributed by atoms with van der Waals surface area (Å²) in [7, 11) is 0. The van der Waals surface area contributed by atoms with Gasteiger partial charge in [-0.3, -0.25) is 4.79 Å². The van der Waals surface area contributed by atoms with E-state index in [2.05, 4.69) is 5.32 Å². The van der Waals surface area contributed by atoms with Gasteiger partial charge in [-0.1, -0.05) is 0 Å². The summed E-state index contributed by atoms with van der Waals surface area (Å²) in [6.07, 6.45) is 0.601. The minimum atomic E-state index is -1.17. The van der Waals surface area contributed by atoms with Crippen molar-refractivity contribution < 1.29 is 13.6 Å². The van der Waals surface area contributed by atoms with E-state index in [1.54, 1.807) is 6.07 Å². The summed E-state index contributed by atoms with van der Waals surface area (Å²) in [5.74, 6) is -2.71. The zero-order valence-corrected chi connectivity index (χ0v) is 8.96. The van der Waals surface area contributed by atoms with Gasteiger partial charge >= 0.3 is 0 Å². The normalized spacial score (nSPS) is 9.71. The number of carbonyl (C=O) groups excluding carboxylic acids is 1. The van der Waals surface area contributed by atoms with Crippen LogP contribution in [0.15, 0.2) is 12.1 Å². The number of amides is 1. The molecule has 0 spiro atoms. The Balaban J connectivity index is 2.64. The topological polar surface area (TPSA) is 78.9 Å². The van der Waals surface area contributed by atoms with Gasteiger partial charge < -0.3 is 11.1 Å². The lowest BCUT2D eigenvalue weighted by atomic mass is 10.2. The van der Waals surface area contributed by atoms with Gasteiger partial charge in [-0.05, 0) is 18.6 Å². The molecule has 0 aromatic heterocycles. The van der Waals surface area contributed by atoms with Gasteiger partial charge in [-0.25, -0.2) is 8.78 Å². The van der Waals surface area contributed by atoms with Crippen molar-refractivity contribution in [3.8, 4) is 6.07 Å². The number of nitrogens with two attached hydrogens (primary N) is 1. The monoisotopic (exact) mass is 239 g/mol. The van der Waals surface area contributed by atoms with E-state index in [0.29, 0.717) is 13.0 Å². The predicted octanol–water partition coefficient (Wildman–Crippen LogP) is 1.51. The molecule has 3 N–H and O–H groups in total. The number of anilines is 1. The van der Waals surface area contributed by atoms with Crippen molar-refractivity contribution in [3.63, 3.8) is 0 Å². The molecular weight excluding hydrogens is 228 g/mol. The summed E-state index contributed by atoms with van der Waals surface area (Å²) in [5, 5.41) is 11.1. The number of nitrogens with zero attached hydrogens (tertiary/aromatic N) is 1. The Morgan fingerprint density at radius 2 is 2.12 bits per heavy atom. The van der Waals surface area contributed by atoms with Gasteiger partial charge in [0, 0.05) is 13.0 Å². The molecule has 0 saturated heterocycles. The van der Waals surface area contributed by atoms with Crippen LogP contribution in [0.1, 0.15) is 18.4 Å².